The highest BCUT2D eigenvalue weighted by atomic mass is 16.5. The van der Waals surface area contributed by atoms with Crippen molar-refractivity contribution in [1.29, 1.82) is 0 Å². The molecule has 5 heteroatoms. The SMILES string of the molecule is CCCCN(CCCC)CCNC(=O)CCC(=O)Oc1c(C(C)C)cccc1C(C)C. The Bertz CT molecular complexity index is 636. The number of rotatable bonds is 15. The van der Waals surface area contributed by atoms with E-state index in [0.717, 1.165) is 30.8 Å². The molecule has 0 saturated heterocycles. The number of benzene rings is 1. The summed E-state index contributed by atoms with van der Waals surface area (Å²) in [5.41, 5.74) is 2.06. The highest BCUT2D eigenvalue weighted by Gasteiger charge is 2.18. The molecule has 0 unspecified atom stereocenters. The Kier molecular flexibility index (Phi) is 13.1. The van der Waals surface area contributed by atoms with Crippen molar-refractivity contribution in [1.82, 2.24) is 10.2 Å². The lowest BCUT2D eigenvalue weighted by atomic mass is 9.94. The standard InChI is InChI=1S/C26H44N2O3/c1-7-9-17-28(18-10-8-2)19-16-27-24(29)14-15-25(30)31-26-22(20(3)4)12-11-13-23(26)21(5)6/h11-13,20-21H,7-10,14-19H2,1-6H3,(H,27,29). The zero-order valence-corrected chi connectivity index (χ0v) is 20.6. The zero-order chi connectivity index (χ0) is 23.2. The first kappa shape index (κ1) is 27.2. The Balaban J connectivity index is 2.52. The average Bonchev–Trinajstić information content (AvgIpc) is 2.73. The van der Waals surface area contributed by atoms with E-state index in [2.05, 4.69) is 51.8 Å². The van der Waals surface area contributed by atoms with Crippen LogP contribution in [-0.2, 0) is 9.59 Å². The minimum absolute atomic E-state index is 0.0885. The van der Waals surface area contributed by atoms with Crippen LogP contribution in [0, 0.1) is 0 Å². The Morgan fingerprint density at radius 2 is 1.45 bits per heavy atom. The monoisotopic (exact) mass is 432 g/mol. The Morgan fingerprint density at radius 1 is 0.903 bits per heavy atom. The second kappa shape index (κ2) is 15.0. The summed E-state index contributed by atoms with van der Waals surface area (Å²) < 4.78 is 5.75. The number of hydrogen-bond donors (Lipinski definition) is 1. The van der Waals surface area contributed by atoms with Gasteiger partial charge in [-0.15, -0.1) is 0 Å². The van der Waals surface area contributed by atoms with Crippen molar-refractivity contribution in [2.45, 2.75) is 91.9 Å². The molecule has 0 radical (unpaired) electrons. The van der Waals surface area contributed by atoms with Crippen LogP contribution in [0.1, 0.15) is 103 Å². The molecule has 176 valence electrons. The fourth-order valence-corrected chi connectivity index (χ4v) is 3.52. The smallest absolute Gasteiger partial charge is 0.311 e. The van der Waals surface area contributed by atoms with Crippen LogP contribution in [0.3, 0.4) is 0 Å². The summed E-state index contributed by atoms with van der Waals surface area (Å²) in [5, 5.41) is 2.96. The molecule has 0 bridgehead atoms. The van der Waals surface area contributed by atoms with Gasteiger partial charge in [0.1, 0.15) is 5.75 Å². The third-order valence-corrected chi connectivity index (χ3v) is 5.50. The van der Waals surface area contributed by atoms with Crippen molar-refractivity contribution in [2.75, 3.05) is 26.2 Å². The normalized spacial score (nSPS) is 11.4. The van der Waals surface area contributed by atoms with Gasteiger partial charge in [0.2, 0.25) is 5.91 Å². The molecule has 0 spiro atoms. The fraction of sp³-hybridized carbons (Fsp3) is 0.692. The number of ether oxygens (including phenoxy) is 1. The molecule has 0 aliphatic heterocycles. The van der Waals surface area contributed by atoms with Crippen LogP contribution in [0.25, 0.3) is 0 Å². The molecule has 1 rings (SSSR count). The van der Waals surface area contributed by atoms with Crippen molar-refractivity contribution in [2.24, 2.45) is 0 Å². The first-order chi connectivity index (χ1) is 14.8. The van der Waals surface area contributed by atoms with Crippen LogP contribution in [0.5, 0.6) is 5.75 Å². The number of amides is 1. The van der Waals surface area contributed by atoms with Crippen molar-refractivity contribution in [3.05, 3.63) is 29.3 Å². The predicted molar refractivity (Wildman–Crippen MR) is 129 cm³/mol. The maximum absolute atomic E-state index is 12.5. The number of nitrogens with zero attached hydrogens (tertiary/aromatic N) is 1. The van der Waals surface area contributed by atoms with E-state index in [0.29, 0.717) is 12.3 Å². The highest BCUT2D eigenvalue weighted by Crippen LogP contribution is 2.34. The topological polar surface area (TPSA) is 58.6 Å². The average molecular weight is 433 g/mol. The molecule has 0 fully saturated rings. The van der Waals surface area contributed by atoms with Crippen molar-refractivity contribution in [3.8, 4) is 5.75 Å². The lowest BCUT2D eigenvalue weighted by Gasteiger charge is -2.22. The van der Waals surface area contributed by atoms with Crippen LogP contribution in [-0.4, -0.2) is 43.0 Å². The van der Waals surface area contributed by atoms with Crippen molar-refractivity contribution >= 4 is 11.9 Å². The summed E-state index contributed by atoms with van der Waals surface area (Å²) in [5.74, 6) is 0.739. The molecule has 0 aromatic heterocycles. The number of esters is 1. The highest BCUT2D eigenvalue weighted by molar-refractivity contribution is 5.82. The van der Waals surface area contributed by atoms with Crippen LogP contribution < -0.4 is 10.1 Å². The lowest BCUT2D eigenvalue weighted by Crippen LogP contribution is -2.36. The van der Waals surface area contributed by atoms with E-state index in [1.54, 1.807) is 0 Å². The minimum atomic E-state index is -0.349. The minimum Gasteiger partial charge on any atom is -0.426 e. The zero-order valence-electron chi connectivity index (χ0n) is 20.6. The number of carbonyl (C=O) groups is 2. The van der Waals surface area contributed by atoms with Gasteiger partial charge >= 0.3 is 5.97 Å². The maximum Gasteiger partial charge on any atom is 0.311 e. The molecular weight excluding hydrogens is 388 g/mol. The molecule has 31 heavy (non-hydrogen) atoms. The molecule has 0 aliphatic rings. The van der Waals surface area contributed by atoms with Gasteiger partial charge in [-0.25, -0.2) is 0 Å². The quantitative estimate of drug-likeness (QED) is 0.288. The number of unbranched alkanes of at least 4 members (excludes halogenated alkanes) is 2. The number of carbonyl (C=O) groups excluding carboxylic acids is 2. The van der Waals surface area contributed by atoms with E-state index in [9.17, 15) is 9.59 Å². The van der Waals surface area contributed by atoms with Crippen LogP contribution in [0.2, 0.25) is 0 Å². The Hall–Kier alpha value is -1.88. The van der Waals surface area contributed by atoms with Gasteiger partial charge in [0.25, 0.3) is 0 Å². The molecule has 5 nitrogen and oxygen atoms in total. The fourth-order valence-electron chi connectivity index (χ4n) is 3.52. The summed E-state index contributed by atoms with van der Waals surface area (Å²) in [4.78, 5) is 27.1. The van der Waals surface area contributed by atoms with Gasteiger partial charge in [-0.3, -0.25) is 9.59 Å². The summed E-state index contributed by atoms with van der Waals surface area (Å²) in [6.45, 7) is 16.4. The maximum atomic E-state index is 12.5. The van der Waals surface area contributed by atoms with Gasteiger partial charge in [0, 0.05) is 19.5 Å². The molecule has 0 aliphatic carbocycles. The largest absolute Gasteiger partial charge is 0.426 e. The van der Waals surface area contributed by atoms with Gasteiger partial charge in [-0.2, -0.15) is 0 Å². The van der Waals surface area contributed by atoms with E-state index in [4.69, 9.17) is 4.74 Å². The van der Waals surface area contributed by atoms with Crippen LogP contribution in [0.4, 0.5) is 0 Å². The number of hydrogen-bond acceptors (Lipinski definition) is 4. The van der Waals surface area contributed by atoms with Gasteiger partial charge in [0.15, 0.2) is 0 Å². The van der Waals surface area contributed by atoms with E-state index < -0.39 is 0 Å². The van der Waals surface area contributed by atoms with Crippen molar-refractivity contribution < 1.29 is 14.3 Å². The number of nitrogens with one attached hydrogen (secondary N) is 1. The molecule has 0 atom stereocenters. The summed E-state index contributed by atoms with van der Waals surface area (Å²) in [6.07, 6.45) is 4.96. The third kappa shape index (κ3) is 10.3. The van der Waals surface area contributed by atoms with Gasteiger partial charge in [-0.05, 0) is 48.9 Å². The second-order valence-corrected chi connectivity index (χ2v) is 8.95. The van der Waals surface area contributed by atoms with E-state index in [1.807, 2.05) is 18.2 Å². The first-order valence-electron chi connectivity index (χ1n) is 12.1. The summed E-state index contributed by atoms with van der Waals surface area (Å²) in [7, 11) is 0. The second-order valence-electron chi connectivity index (χ2n) is 8.95. The first-order valence-corrected chi connectivity index (χ1v) is 12.1. The third-order valence-electron chi connectivity index (χ3n) is 5.50. The molecule has 0 saturated carbocycles. The molecule has 1 aromatic carbocycles. The van der Waals surface area contributed by atoms with Crippen molar-refractivity contribution in [3.63, 3.8) is 0 Å². The molecule has 1 N–H and O–H groups in total. The molecule has 1 aromatic rings. The van der Waals surface area contributed by atoms with Gasteiger partial charge in [-0.1, -0.05) is 72.6 Å². The van der Waals surface area contributed by atoms with Crippen LogP contribution in [0.15, 0.2) is 18.2 Å². The van der Waals surface area contributed by atoms with E-state index >= 15 is 0 Å². The molecular formula is C26H44N2O3. The van der Waals surface area contributed by atoms with Gasteiger partial charge in [0.05, 0.1) is 6.42 Å². The van der Waals surface area contributed by atoms with Gasteiger partial charge < -0.3 is 15.0 Å². The van der Waals surface area contributed by atoms with Crippen LogP contribution >= 0.6 is 0 Å². The molecule has 0 heterocycles. The molecule has 1 amide bonds. The number of para-hydroxylation sites is 1. The summed E-state index contributed by atoms with van der Waals surface area (Å²) in [6, 6.07) is 6.03. The predicted octanol–water partition coefficient (Wildman–Crippen LogP) is 5.64. The van der Waals surface area contributed by atoms with E-state index in [-0.39, 0.29) is 36.6 Å². The summed E-state index contributed by atoms with van der Waals surface area (Å²) >= 11 is 0. The van der Waals surface area contributed by atoms with E-state index in [1.165, 1.54) is 25.7 Å². The Morgan fingerprint density at radius 3 is 1.94 bits per heavy atom. The lowest BCUT2D eigenvalue weighted by molar-refractivity contribution is -0.136. The Labute approximate surface area is 189 Å².